The molecule has 2 heterocycles. The van der Waals surface area contributed by atoms with E-state index < -0.39 is 6.10 Å². The van der Waals surface area contributed by atoms with Crippen LogP contribution in [0.15, 0.2) is 18.5 Å². The van der Waals surface area contributed by atoms with Gasteiger partial charge in [-0.05, 0) is 24.9 Å². The molecule has 0 bridgehead atoms. The van der Waals surface area contributed by atoms with Gasteiger partial charge in [-0.15, -0.1) is 0 Å². The average Bonchev–Trinajstić information content (AvgIpc) is 2.75. The number of rotatable bonds is 3. The van der Waals surface area contributed by atoms with Gasteiger partial charge in [-0.3, -0.25) is 4.98 Å². The van der Waals surface area contributed by atoms with Crippen LogP contribution in [0.25, 0.3) is 0 Å². The first-order valence-electron chi connectivity index (χ1n) is 5.61. The molecular formula is C12H18N2O2. The summed E-state index contributed by atoms with van der Waals surface area (Å²) in [5, 5.41) is 13.6. The minimum atomic E-state index is -0.548. The molecule has 88 valence electrons. The van der Waals surface area contributed by atoms with Crippen LogP contribution in [0.5, 0.6) is 5.75 Å². The summed E-state index contributed by atoms with van der Waals surface area (Å²) >= 11 is 0. The first kappa shape index (κ1) is 11.4. The molecule has 1 aliphatic heterocycles. The second kappa shape index (κ2) is 4.80. The Morgan fingerprint density at radius 1 is 1.62 bits per heavy atom. The van der Waals surface area contributed by atoms with E-state index in [9.17, 15) is 5.11 Å². The Bertz CT molecular complexity index is 357. The van der Waals surface area contributed by atoms with E-state index in [0.717, 1.165) is 18.5 Å². The van der Waals surface area contributed by atoms with Crippen molar-refractivity contribution in [3.05, 3.63) is 24.0 Å². The van der Waals surface area contributed by atoms with E-state index in [2.05, 4.69) is 17.2 Å². The summed E-state index contributed by atoms with van der Waals surface area (Å²) in [5.41, 5.74) is 0.761. The Balaban J connectivity index is 2.16. The smallest absolute Gasteiger partial charge is 0.127 e. The number of nitrogens with zero attached hydrogens (tertiary/aromatic N) is 1. The fourth-order valence-electron chi connectivity index (χ4n) is 2.21. The second-order valence-electron chi connectivity index (χ2n) is 4.42. The quantitative estimate of drug-likeness (QED) is 0.804. The van der Waals surface area contributed by atoms with E-state index in [1.807, 2.05) is 0 Å². The maximum absolute atomic E-state index is 10.3. The molecule has 2 N–H and O–H groups in total. The number of hydrogen-bond acceptors (Lipinski definition) is 4. The van der Waals surface area contributed by atoms with Gasteiger partial charge in [-0.1, -0.05) is 6.92 Å². The first-order valence-corrected chi connectivity index (χ1v) is 5.61. The zero-order valence-corrected chi connectivity index (χ0v) is 9.68. The van der Waals surface area contributed by atoms with Crippen LogP contribution in [-0.4, -0.2) is 29.8 Å². The third-order valence-corrected chi connectivity index (χ3v) is 3.11. The normalized spacial score (nSPS) is 26.7. The van der Waals surface area contributed by atoms with Crippen molar-refractivity contribution >= 4 is 0 Å². The number of nitrogens with one attached hydrogen (secondary N) is 1. The average molecular weight is 222 g/mol. The largest absolute Gasteiger partial charge is 0.496 e. The molecule has 0 aliphatic carbocycles. The lowest BCUT2D eigenvalue weighted by Crippen LogP contribution is -2.29. The van der Waals surface area contributed by atoms with E-state index in [4.69, 9.17) is 4.74 Å². The van der Waals surface area contributed by atoms with Gasteiger partial charge in [0.1, 0.15) is 5.75 Å². The van der Waals surface area contributed by atoms with Gasteiger partial charge >= 0.3 is 0 Å². The third-order valence-electron chi connectivity index (χ3n) is 3.11. The van der Waals surface area contributed by atoms with Crippen molar-refractivity contribution in [2.45, 2.75) is 25.5 Å². The number of aliphatic hydroxyl groups excluding tert-OH is 1. The maximum Gasteiger partial charge on any atom is 0.127 e. The van der Waals surface area contributed by atoms with Crippen molar-refractivity contribution in [2.24, 2.45) is 5.92 Å². The van der Waals surface area contributed by atoms with Crippen molar-refractivity contribution in [3.8, 4) is 5.75 Å². The summed E-state index contributed by atoms with van der Waals surface area (Å²) in [6.07, 6.45) is 3.78. The van der Waals surface area contributed by atoms with Gasteiger partial charge in [0.05, 0.1) is 13.2 Å². The van der Waals surface area contributed by atoms with E-state index in [0.29, 0.717) is 11.7 Å². The number of hydrogen-bond donors (Lipinski definition) is 2. The Morgan fingerprint density at radius 3 is 3.06 bits per heavy atom. The number of aliphatic hydroxyl groups is 1. The highest BCUT2D eigenvalue weighted by atomic mass is 16.5. The summed E-state index contributed by atoms with van der Waals surface area (Å²) in [5.74, 6) is 1.31. The second-order valence-corrected chi connectivity index (χ2v) is 4.42. The molecule has 1 aliphatic rings. The van der Waals surface area contributed by atoms with Crippen LogP contribution < -0.4 is 10.1 Å². The molecule has 1 aromatic heterocycles. The molecule has 1 fully saturated rings. The zero-order valence-electron chi connectivity index (χ0n) is 9.68. The van der Waals surface area contributed by atoms with Gasteiger partial charge in [0.2, 0.25) is 0 Å². The van der Waals surface area contributed by atoms with Crippen LogP contribution >= 0.6 is 0 Å². The Morgan fingerprint density at radius 2 is 2.44 bits per heavy atom. The fourth-order valence-corrected chi connectivity index (χ4v) is 2.21. The van der Waals surface area contributed by atoms with Crippen LogP contribution in [0.4, 0.5) is 0 Å². The highest BCUT2D eigenvalue weighted by Gasteiger charge is 2.29. The molecule has 4 nitrogen and oxygen atoms in total. The molecule has 1 aromatic rings. The van der Waals surface area contributed by atoms with E-state index >= 15 is 0 Å². The predicted octanol–water partition coefficient (Wildman–Crippen LogP) is 1.12. The molecule has 0 radical (unpaired) electrons. The van der Waals surface area contributed by atoms with Crippen molar-refractivity contribution < 1.29 is 9.84 Å². The lowest BCUT2D eigenvalue weighted by molar-refractivity contribution is 0.132. The molecule has 1 saturated heterocycles. The van der Waals surface area contributed by atoms with Crippen molar-refractivity contribution in [2.75, 3.05) is 13.7 Å². The predicted molar refractivity (Wildman–Crippen MR) is 61.3 cm³/mol. The van der Waals surface area contributed by atoms with Crippen molar-refractivity contribution in [1.82, 2.24) is 10.3 Å². The zero-order chi connectivity index (χ0) is 11.5. The van der Waals surface area contributed by atoms with E-state index in [-0.39, 0.29) is 6.04 Å². The minimum absolute atomic E-state index is 0.105. The van der Waals surface area contributed by atoms with Gasteiger partial charge in [0.25, 0.3) is 0 Å². The Labute approximate surface area is 95.7 Å². The van der Waals surface area contributed by atoms with Crippen LogP contribution in [0, 0.1) is 5.92 Å². The van der Waals surface area contributed by atoms with Crippen LogP contribution in [0.3, 0.4) is 0 Å². The molecule has 4 heteroatoms. The molecule has 0 saturated carbocycles. The summed E-state index contributed by atoms with van der Waals surface area (Å²) < 4.78 is 5.23. The van der Waals surface area contributed by atoms with Gasteiger partial charge in [0, 0.05) is 24.0 Å². The van der Waals surface area contributed by atoms with E-state index in [1.54, 1.807) is 25.6 Å². The molecule has 0 aromatic carbocycles. The SMILES string of the molecule is COc1ccncc1C(O)[C@H]1C[C@@H](C)CN1. The van der Waals surface area contributed by atoms with Crippen molar-refractivity contribution in [1.29, 1.82) is 0 Å². The van der Waals surface area contributed by atoms with Gasteiger partial charge < -0.3 is 15.2 Å². The van der Waals surface area contributed by atoms with Crippen LogP contribution in [-0.2, 0) is 0 Å². The third kappa shape index (κ3) is 2.18. The Kier molecular flexibility index (Phi) is 3.41. The van der Waals surface area contributed by atoms with Crippen LogP contribution in [0.1, 0.15) is 25.0 Å². The Hall–Kier alpha value is -1.13. The molecule has 1 unspecified atom stereocenters. The monoisotopic (exact) mass is 222 g/mol. The molecule has 0 spiro atoms. The van der Waals surface area contributed by atoms with Crippen molar-refractivity contribution in [3.63, 3.8) is 0 Å². The van der Waals surface area contributed by atoms with E-state index in [1.165, 1.54) is 0 Å². The molecule has 3 atom stereocenters. The highest BCUT2D eigenvalue weighted by molar-refractivity contribution is 5.33. The van der Waals surface area contributed by atoms with Gasteiger partial charge in [-0.25, -0.2) is 0 Å². The molecule has 16 heavy (non-hydrogen) atoms. The topological polar surface area (TPSA) is 54.4 Å². The number of pyridine rings is 1. The number of aromatic nitrogens is 1. The minimum Gasteiger partial charge on any atom is -0.496 e. The lowest BCUT2D eigenvalue weighted by atomic mass is 9.99. The van der Waals surface area contributed by atoms with Gasteiger partial charge in [-0.2, -0.15) is 0 Å². The summed E-state index contributed by atoms with van der Waals surface area (Å²) in [7, 11) is 1.61. The fraction of sp³-hybridized carbons (Fsp3) is 0.583. The lowest BCUT2D eigenvalue weighted by Gasteiger charge is -2.20. The number of methoxy groups -OCH3 is 1. The standard InChI is InChI=1S/C12H18N2O2/c1-8-5-10(14-6-8)12(15)9-7-13-4-3-11(9)16-2/h3-4,7-8,10,12,14-15H,5-6H2,1-2H3/t8-,10-,12?/m1/s1. The summed E-state index contributed by atoms with van der Waals surface area (Å²) in [4.78, 5) is 4.04. The molecular weight excluding hydrogens is 204 g/mol. The molecule has 0 amide bonds. The van der Waals surface area contributed by atoms with Gasteiger partial charge in [0.15, 0.2) is 0 Å². The first-order chi connectivity index (χ1) is 7.72. The molecule has 2 rings (SSSR count). The summed E-state index contributed by atoms with van der Waals surface area (Å²) in [6, 6.07) is 1.88. The highest BCUT2D eigenvalue weighted by Crippen LogP contribution is 2.30. The maximum atomic E-state index is 10.3. The van der Waals surface area contributed by atoms with Crippen LogP contribution in [0.2, 0.25) is 0 Å². The number of ether oxygens (including phenoxy) is 1. The summed E-state index contributed by atoms with van der Waals surface area (Å²) in [6.45, 7) is 3.14.